The minimum Gasteiger partial charge on any atom is -0.497 e. The summed E-state index contributed by atoms with van der Waals surface area (Å²) in [4.78, 5) is 29.4. The first-order valence-electron chi connectivity index (χ1n) is 12.4. The molecule has 0 bridgehead atoms. The number of benzene rings is 4. The van der Waals surface area contributed by atoms with Crippen LogP contribution in [0.5, 0.6) is 17.2 Å². The second-order valence-corrected chi connectivity index (χ2v) is 9.48. The van der Waals surface area contributed by atoms with Gasteiger partial charge in [-0.15, -0.1) is 0 Å². The average Bonchev–Trinajstić information content (AvgIpc) is 3.42. The topological polar surface area (TPSA) is 77.1 Å². The fourth-order valence-corrected chi connectivity index (χ4v) is 4.55. The van der Waals surface area contributed by atoms with Gasteiger partial charge in [-0.2, -0.15) is 0 Å². The molecule has 198 valence electrons. The summed E-state index contributed by atoms with van der Waals surface area (Å²) in [7, 11) is 1.60. The summed E-state index contributed by atoms with van der Waals surface area (Å²) in [6.45, 7) is 0.335. The molecule has 4 aromatic carbocycles. The van der Waals surface area contributed by atoms with Crippen LogP contribution in [0.4, 0.5) is 5.69 Å². The van der Waals surface area contributed by atoms with Gasteiger partial charge in [-0.05, 0) is 53.1 Å². The lowest BCUT2D eigenvalue weighted by molar-refractivity contribution is -0.139. The van der Waals surface area contributed by atoms with Crippen LogP contribution in [0.2, 0.25) is 5.02 Å². The minimum atomic E-state index is -0.939. The van der Waals surface area contributed by atoms with Crippen LogP contribution in [-0.2, 0) is 22.6 Å². The van der Waals surface area contributed by atoms with Crippen molar-refractivity contribution in [2.75, 3.05) is 19.2 Å². The normalized spacial score (nSPS) is 12.5. The van der Waals surface area contributed by atoms with E-state index in [0.717, 1.165) is 11.1 Å². The van der Waals surface area contributed by atoms with E-state index < -0.39 is 6.04 Å². The van der Waals surface area contributed by atoms with E-state index in [1.807, 2.05) is 54.6 Å². The Morgan fingerprint density at radius 2 is 1.62 bits per heavy atom. The van der Waals surface area contributed by atoms with Crippen molar-refractivity contribution in [3.63, 3.8) is 0 Å². The molecule has 1 N–H and O–H groups in total. The molecule has 4 aromatic rings. The molecule has 1 aliphatic rings. The summed E-state index contributed by atoms with van der Waals surface area (Å²) in [5.74, 6) is 1.30. The zero-order valence-corrected chi connectivity index (χ0v) is 22.1. The maximum absolute atomic E-state index is 14.0. The van der Waals surface area contributed by atoms with E-state index in [0.29, 0.717) is 33.5 Å². The van der Waals surface area contributed by atoms with Crippen molar-refractivity contribution in [1.29, 1.82) is 0 Å². The van der Waals surface area contributed by atoms with Gasteiger partial charge in [-0.25, -0.2) is 0 Å². The monoisotopic (exact) mass is 542 g/mol. The van der Waals surface area contributed by atoms with Crippen LogP contribution in [-0.4, -0.2) is 30.6 Å². The van der Waals surface area contributed by atoms with Gasteiger partial charge in [0, 0.05) is 23.3 Å². The Kier molecular flexibility index (Phi) is 7.99. The molecule has 5 rings (SSSR count). The molecule has 1 unspecified atom stereocenters. The van der Waals surface area contributed by atoms with E-state index in [-0.39, 0.29) is 31.6 Å². The fourth-order valence-electron chi connectivity index (χ4n) is 4.43. The Labute approximate surface area is 231 Å². The third kappa shape index (κ3) is 6.33. The van der Waals surface area contributed by atoms with Crippen molar-refractivity contribution in [2.45, 2.75) is 19.0 Å². The third-order valence-electron chi connectivity index (χ3n) is 6.42. The van der Waals surface area contributed by atoms with Gasteiger partial charge in [0.25, 0.3) is 5.91 Å². The van der Waals surface area contributed by atoms with Crippen molar-refractivity contribution in [1.82, 2.24) is 4.90 Å². The highest BCUT2D eigenvalue weighted by Crippen LogP contribution is 2.35. The number of fused-ring (bicyclic) bond motifs is 1. The van der Waals surface area contributed by atoms with E-state index >= 15 is 0 Å². The SMILES string of the molecule is COc1ccc(CN(C(=O)Cc2ccccc2)C(C(=O)Nc2ccc3c(c2)OCO3)c2ccc(Cl)cc2)cc1. The number of halogens is 1. The van der Waals surface area contributed by atoms with E-state index in [9.17, 15) is 9.59 Å². The minimum absolute atomic E-state index is 0.129. The fraction of sp³-hybridized carbons (Fsp3) is 0.161. The second kappa shape index (κ2) is 11.9. The van der Waals surface area contributed by atoms with Crippen LogP contribution in [0.3, 0.4) is 0 Å². The molecule has 1 aliphatic heterocycles. The lowest BCUT2D eigenvalue weighted by Gasteiger charge is -2.32. The number of anilines is 1. The number of hydrogen-bond donors (Lipinski definition) is 1. The molecule has 39 heavy (non-hydrogen) atoms. The number of rotatable bonds is 9. The van der Waals surface area contributed by atoms with E-state index in [1.165, 1.54) is 0 Å². The average molecular weight is 543 g/mol. The highest BCUT2D eigenvalue weighted by atomic mass is 35.5. The van der Waals surface area contributed by atoms with Gasteiger partial charge in [0.2, 0.25) is 12.7 Å². The molecule has 7 nitrogen and oxygen atoms in total. The zero-order chi connectivity index (χ0) is 27.2. The predicted octanol–water partition coefficient (Wildman–Crippen LogP) is 6.03. The van der Waals surface area contributed by atoms with Gasteiger partial charge in [-0.1, -0.05) is 66.2 Å². The van der Waals surface area contributed by atoms with Gasteiger partial charge in [0.1, 0.15) is 11.8 Å². The molecule has 2 amide bonds. The van der Waals surface area contributed by atoms with Crippen LogP contribution in [0.25, 0.3) is 0 Å². The first-order valence-corrected chi connectivity index (χ1v) is 12.8. The molecule has 0 saturated carbocycles. The van der Waals surface area contributed by atoms with Crippen molar-refractivity contribution in [3.05, 3.63) is 119 Å². The first-order chi connectivity index (χ1) is 19.0. The van der Waals surface area contributed by atoms with Gasteiger partial charge < -0.3 is 24.4 Å². The standard InChI is InChI=1S/C31H27ClN2O5/c1-37-26-14-7-22(8-15-26)19-34(29(35)17-21-5-3-2-4-6-21)30(23-9-11-24(32)12-10-23)31(36)33-25-13-16-27-28(18-25)39-20-38-27/h2-16,18,30H,17,19-20H2,1H3,(H,33,36). The number of methoxy groups -OCH3 is 1. The van der Waals surface area contributed by atoms with E-state index in [1.54, 1.807) is 54.5 Å². The van der Waals surface area contributed by atoms with Gasteiger partial charge in [-0.3, -0.25) is 9.59 Å². The zero-order valence-electron chi connectivity index (χ0n) is 21.3. The van der Waals surface area contributed by atoms with E-state index in [4.69, 9.17) is 25.8 Å². The van der Waals surface area contributed by atoms with Crippen molar-refractivity contribution < 1.29 is 23.8 Å². The molecule has 1 heterocycles. The highest BCUT2D eigenvalue weighted by Gasteiger charge is 2.32. The summed E-state index contributed by atoms with van der Waals surface area (Å²) in [5.41, 5.74) is 2.87. The van der Waals surface area contributed by atoms with Crippen molar-refractivity contribution in [2.24, 2.45) is 0 Å². The van der Waals surface area contributed by atoms with Crippen molar-refractivity contribution >= 4 is 29.1 Å². The maximum atomic E-state index is 14.0. The Bertz CT molecular complexity index is 1440. The summed E-state index contributed by atoms with van der Waals surface area (Å²) >= 11 is 6.17. The van der Waals surface area contributed by atoms with Crippen molar-refractivity contribution in [3.8, 4) is 17.2 Å². The van der Waals surface area contributed by atoms with Crippen LogP contribution < -0.4 is 19.5 Å². The number of hydrogen-bond acceptors (Lipinski definition) is 5. The molecule has 8 heteroatoms. The Balaban J connectivity index is 1.51. The molecule has 0 saturated heterocycles. The van der Waals surface area contributed by atoms with E-state index in [2.05, 4.69) is 5.32 Å². The molecular weight excluding hydrogens is 516 g/mol. The molecule has 0 aliphatic carbocycles. The quantitative estimate of drug-likeness (QED) is 0.279. The second-order valence-electron chi connectivity index (χ2n) is 9.04. The highest BCUT2D eigenvalue weighted by molar-refractivity contribution is 6.30. The molecule has 0 spiro atoms. The number of ether oxygens (including phenoxy) is 3. The Morgan fingerprint density at radius 3 is 2.33 bits per heavy atom. The Hall–Kier alpha value is -4.49. The lowest BCUT2D eigenvalue weighted by atomic mass is 10.0. The first kappa shape index (κ1) is 26.1. The summed E-state index contributed by atoms with van der Waals surface area (Å²) in [5, 5.41) is 3.50. The summed E-state index contributed by atoms with van der Waals surface area (Å²) in [6.07, 6.45) is 0.137. The molecule has 0 aromatic heterocycles. The predicted molar refractivity (Wildman–Crippen MR) is 149 cm³/mol. The largest absolute Gasteiger partial charge is 0.497 e. The van der Waals surface area contributed by atoms with Crippen LogP contribution >= 0.6 is 11.6 Å². The van der Waals surface area contributed by atoms with Crippen LogP contribution in [0.15, 0.2) is 97.1 Å². The Morgan fingerprint density at radius 1 is 0.897 bits per heavy atom. The smallest absolute Gasteiger partial charge is 0.251 e. The summed E-state index contributed by atoms with van der Waals surface area (Å²) in [6, 6.07) is 28.1. The maximum Gasteiger partial charge on any atom is 0.251 e. The summed E-state index contributed by atoms with van der Waals surface area (Å²) < 4.78 is 16.1. The number of nitrogens with zero attached hydrogens (tertiary/aromatic N) is 1. The number of amides is 2. The van der Waals surface area contributed by atoms with Gasteiger partial charge >= 0.3 is 0 Å². The third-order valence-corrected chi connectivity index (χ3v) is 6.67. The number of nitrogens with one attached hydrogen (secondary N) is 1. The molecule has 0 fully saturated rings. The van der Waals surface area contributed by atoms with Crippen LogP contribution in [0.1, 0.15) is 22.7 Å². The number of carbonyl (C=O) groups is 2. The van der Waals surface area contributed by atoms with Gasteiger partial charge in [0.15, 0.2) is 11.5 Å². The molecular formula is C31H27ClN2O5. The molecule has 1 atom stereocenters. The lowest BCUT2D eigenvalue weighted by Crippen LogP contribution is -2.41. The number of carbonyl (C=O) groups excluding carboxylic acids is 2. The molecule has 0 radical (unpaired) electrons. The van der Waals surface area contributed by atoms with Gasteiger partial charge in [0.05, 0.1) is 13.5 Å². The van der Waals surface area contributed by atoms with Crippen LogP contribution in [0, 0.1) is 0 Å².